The van der Waals surface area contributed by atoms with Gasteiger partial charge in [-0.2, -0.15) is 0 Å². The zero-order chi connectivity index (χ0) is 9.84. The van der Waals surface area contributed by atoms with Gasteiger partial charge in [0.2, 0.25) is 0 Å². The van der Waals surface area contributed by atoms with Crippen LogP contribution in [0, 0.1) is 17.0 Å². The van der Waals surface area contributed by atoms with Crippen molar-refractivity contribution < 1.29 is 10.1 Å². The molecule has 0 fully saturated rings. The van der Waals surface area contributed by atoms with E-state index in [9.17, 15) is 10.1 Å². The summed E-state index contributed by atoms with van der Waals surface area (Å²) in [5.74, 6) is 0. The van der Waals surface area contributed by atoms with Gasteiger partial charge in [0.1, 0.15) is 0 Å². The standard InChI is InChI=1S/C8H8N2O3/c1-6-2-7(5-9-11)4-8(3-6)10(12)13/h2-5,11H,1H3/b9-5+. The van der Waals surface area contributed by atoms with E-state index >= 15 is 0 Å². The second kappa shape index (κ2) is 3.66. The quantitative estimate of drug-likeness (QED) is 0.326. The van der Waals surface area contributed by atoms with Crippen molar-refractivity contribution in [2.75, 3.05) is 0 Å². The van der Waals surface area contributed by atoms with Gasteiger partial charge in [0, 0.05) is 17.7 Å². The minimum atomic E-state index is -0.484. The third-order valence-electron chi connectivity index (χ3n) is 1.50. The Bertz CT molecular complexity index is 360. The van der Waals surface area contributed by atoms with Crippen LogP contribution in [0.2, 0.25) is 0 Å². The third-order valence-corrected chi connectivity index (χ3v) is 1.50. The molecular weight excluding hydrogens is 172 g/mol. The molecule has 0 aliphatic rings. The van der Waals surface area contributed by atoms with E-state index in [2.05, 4.69) is 5.16 Å². The Hall–Kier alpha value is -1.91. The average molecular weight is 180 g/mol. The summed E-state index contributed by atoms with van der Waals surface area (Å²) in [6.45, 7) is 1.74. The van der Waals surface area contributed by atoms with Crippen LogP contribution >= 0.6 is 0 Å². The van der Waals surface area contributed by atoms with Crippen LogP contribution in [0.15, 0.2) is 23.4 Å². The number of aryl methyl sites for hydroxylation is 1. The molecule has 0 heterocycles. The number of nitrogens with zero attached hydrogens (tertiary/aromatic N) is 2. The first kappa shape index (κ1) is 9.18. The maximum Gasteiger partial charge on any atom is 0.270 e. The highest BCUT2D eigenvalue weighted by molar-refractivity contribution is 5.80. The maximum atomic E-state index is 10.4. The third kappa shape index (κ3) is 2.26. The molecule has 1 aromatic rings. The van der Waals surface area contributed by atoms with E-state index in [0.29, 0.717) is 5.56 Å². The normalized spacial score (nSPS) is 10.5. The van der Waals surface area contributed by atoms with Crippen molar-refractivity contribution in [1.82, 2.24) is 0 Å². The Balaban J connectivity index is 3.18. The van der Waals surface area contributed by atoms with Crippen LogP contribution in [-0.4, -0.2) is 16.3 Å². The zero-order valence-electron chi connectivity index (χ0n) is 6.97. The summed E-state index contributed by atoms with van der Waals surface area (Å²) in [5.41, 5.74) is 1.26. The number of hydrogen-bond acceptors (Lipinski definition) is 4. The van der Waals surface area contributed by atoms with Crippen molar-refractivity contribution in [1.29, 1.82) is 0 Å². The van der Waals surface area contributed by atoms with Crippen molar-refractivity contribution in [3.05, 3.63) is 39.4 Å². The predicted octanol–water partition coefficient (Wildman–Crippen LogP) is 1.71. The van der Waals surface area contributed by atoms with Crippen molar-refractivity contribution in [3.8, 4) is 0 Å². The first-order valence-electron chi connectivity index (χ1n) is 3.57. The molecule has 0 saturated carbocycles. The number of nitro benzene ring substituents is 1. The molecule has 13 heavy (non-hydrogen) atoms. The van der Waals surface area contributed by atoms with Gasteiger partial charge in [-0.1, -0.05) is 5.16 Å². The van der Waals surface area contributed by atoms with Crippen LogP contribution in [0.4, 0.5) is 5.69 Å². The summed E-state index contributed by atoms with van der Waals surface area (Å²) in [4.78, 5) is 9.92. The van der Waals surface area contributed by atoms with E-state index in [1.54, 1.807) is 13.0 Å². The summed E-state index contributed by atoms with van der Waals surface area (Å²) < 4.78 is 0. The highest BCUT2D eigenvalue weighted by Gasteiger charge is 2.06. The second-order valence-corrected chi connectivity index (χ2v) is 2.60. The van der Waals surface area contributed by atoms with Gasteiger partial charge in [0.25, 0.3) is 5.69 Å². The van der Waals surface area contributed by atoms with Crippen LogP contribution in [0.5, 0.6) is 0 Å². The van der Waals surface area contributed by atoms with Crippen molar-refractivity contribution in [3.63, 3.8) is 0 Å². The monoisotopic (exact) mass is 180 g/mol. The zero-order valence-corrected chi connectivity index (χ0v) is 6.97. The predicted molar refractivity (Wildman–Crippen MR) is 47.2 cm³/mol. The minimum Gasteiger partial charge on any atom is -0.411 e. The van der Waals surface area contributed by atoms with Gasteiger partial charge in [-0.3, -0.25) is 10.1 Å². The Morgan fingerprint density at radius 3 is 2.77 bits per heavy atom. The molecule has 0 radical (unpaired) electrons. The van der Waals surface area contributed by atoms with Gasteiger partial charge in [-0.25, -0.2) is 0 Å². The lowest BCUT2D eigenvalue weighted by Crippen LogP contribution is -1.91. The SMILES string of the molecule is Cc1cc(/C=N/O)cc([N+](=O)[O-])c1. The van der Waals surface area contributed by atoms with E-state index in [-0.39, 0.29) is 5.69 Å². The molecule has 68 valence electrons. The number of non-ortho nitro benzene ring substituents is 1. The van der Waals surface area contributed by atoms with Crippen molar-refractivity contribution in [2.45, 2.75) is 6.92 Å². The van der Waals surface area contributed by atoms with Crippen LogP contribution in [-0.2, 0) is 0 Å². The molecule has 5 nitrogen and oxygen atoms in total. The maximum absolute atomic E-state index is 10.4. The highest BCUT2D eigenvalue weighted by atomic mass is 16.6. The molecule has 0 spiro atoms. The van der Waals surface area contributed by atoms with Gasteiger partial charge < -0.3 is 5.21 Å². The lowest BCUT2D eigenvalue weighted by molar-refractivity contribution is -0.384. The fraction of sp³-hybridized carbons (Fsp3) is 0.125. The van der Waals surface area contributed by atoms with E-state index in [1.807, 2.05) is 0 Å². The van der Waals surface area contributed by atoms with Gasteiger partial charge in [0.05, 0.1) is 11.1 Å². The number of hydrogen-bond donors (Lipinski definition) is 1. The van der Waals surface area contributed by atoms with E-state index in [1.165, 1.54) is 12.1 Å². The molecule has 0 atom stereocenters. The van der Waals surface area contributed by atoms with Gasteiger partial charge in [-0.05, 0) is 18.6 Å². The van der Waals surface area contributed by atoms with Crippen molar-refractivity contribution in [2.24, 2.45) is 5.16 Å². The number of nitro groups is 1. The van der Waals surface area contributed by atoms with Gasteiger partial charge in [0.15, 0.2) is 0 Å². The lowest BCUT2D eigenvalue weighted by Gasteiger charge is -1.96. The molecule has 0 amide bonds. The van der Waals surface area contributed by atoms with Crippen LogP contribution in [0.1, 0.15) is 11.1 Å². The lowest BCUT2D eigenvalue weighted by atomic mass is 10.1. The van der Waals surface area contributed by atoms with E-state index < -0.39 is 4.92 Å². The summed E-state index contributed by atoms with van der Waals surface area (Å²) in [5, 5.41) is 21.4. The molecular formula is C8H8N2O3. The number of rotatable bonds is 2. The Morgan fingerprint density at radius 2 is 2.23 bits per heavy atom. The fourth-order valence-corrected chi connectivity index (χ4v) is 1.04. The van der Waals surface area contributed by atoms with E-state index in [4.69, 9.17) is 5.21 Å². The van der Waals surface area contributed by atoms with Crippen LogP contribution in [0.3, 0.4) is 0 Å². The first-order chi connectivity index (χ1) is 6.13. The van der Waals surface area contributed by atoms with Crippen LogP contribution in [0.25, 0.3) is 0 Å². The summed E-state index contributed by atoms with van der Waals surface area (Å²) >= 11 is 0. The molecule has 0 saturated heterocycles. The molecule has 1 aromatic carbocycles. The fourth-order valence-electron chi connectivity index (χ4n) is 1.04. The molecule has 5 heteroatoms. The summed E-state index contributed by atoms with van der Waals surface area (Å²) in [7, 11) is 0. The molecule has 0 unspecified atom stereocenters. The first-order valence-corrected chi connectivity index (χ1v) is 3.57. The summed E-state index contributed by atoms with van der Waals surface area (Å²) in [6.07, 6.45) is 1.15. The van der Waals surface area contributed by atoms with E-state index in [0.717, 1.165) is 11.8 Å². The number of oxime groups is 1. The molecule has 1 rings (SSSR count). The minimum absolute atomic E-state index is 0.00472. The molecule has 0 bridgehead atoms. The molecule has 0 aromatic heterocycles. The molecule has 0 aliphatic heterocycles. The Labute approximate surface area is 74.5 Å². The molecule has 1 N–H and O–H groups in total. The topological polar surface area (TPSA) is 75.7 Å². The molecule has 0 aliphatic carbocycles. The highest BCUT2D eigenvalue weighted by Crippen LogP contribution is 2.15. The Morgan fingerprint density at radius 1 is 1.54 bits per heavy atom. The van der Waals surface area contributed by atoms with Gasteiger partial charge in [-0.15, -0.1) is 0 Å². The smallest absolute Gasteiger partial charge is 0.270 e. The Kier molecular flexibility index (Phi) is 2.59. The van der Waals surface area contributed by atoms with Crippen molar-refractivity contribution >= 4 is 11.9 Å². The largest absolute Gasteiger partial charge is 0.411 e. The second-order valence-electron chi connectivity index (χ2n) is 2.60. The summed E-state index contributed by atoms with van der Waals surface area (Å²) in [6, 6.07) is 4.48. The van der Waals surface area contributed by atoms with Gasteiger partial charge >= 0.3 is 0 Å². The van der Waals surface area contributed by atoms with Crippen LogP contribution < -0.4 is 0 Å². The number of benzene rings is 1. The average Bonchev–Trinajstić information content (AvgIpc) is 2.03.